The van der Waals surface area contributed by atoms with Crippen LogP contribution in [-0.2, 0) is 14.2 Å². The summed E-state index contributed by atoms with van der Waals surface area (Å²) in [4.78, 5) is 36.8. The van der Waals surface area contributed by atoms with Crippen molar-refractivity contribution in [3.8, 4) is 62.7 Å². The fraction of sp³-hybridized carbons (Fsp3) is 0.182. The Morgan fingerprint density at radius 2 is 1.03 bits per heavy atom. The highest BCUT2D eigenvalue weighted by molar-refractivity contribution is 5.92. The van der Waals surface area contributed by atoms with E-state index in [4.69, 9.17) is 47.4 Å². The van der Waals surface area contributed by atoms with E-state index in [1.165, 1.54) is 37.4 Å². The Morgan fingerprint density at radius 1 is 0.486 bits per heavy atom. The third kappa shape index (κ3) is 12.7. The van der Waals surface area contributed by atoms with Crippen LogP contribution in [0.5, 0.6) is 28.7 Å². The SMILES string of the molecule is COCCOc1ccc2c(=O)cc(-c3ccccc3)oc2c1.COc1c(OCCOCCOCCN)cc(O)c2c(=O)cc(-c3ccccc3)oc12.O=c1cc(-c2ccccc2)oc2c(O)cccc12. The van der Waals surface area contributed by atoms with Gasteiger partial charge in [0.15, 0.2) is 39.0 Å². The quantitative estimate of drug-likeness (QED) is 0.0726. The summed E-state index contributed by atoms with van der Waals surface area (Å²) in [5.74, 6) is 2.22. The van der Waals surface area contributed by atoms with Gasteiger partial charge in [-0.05, 0) is 24.3 Å². The molecule has 360 valence electrons. The van der Waals surface area contributed by atoms with Crippen molar-refractivity contribution in [3.63, 3.8) is 0 Å². The first kappa shape index (κ1) is 49.7. The molecular weight excluding hydrogens is 899 g/mol. The van der Waals surface area contributed by atoms with Gasteiger partial charge in [-0.2, -0.15) is 0 Å². The molecule has 0 aliphatic heterocycles. The van der Waals surface area contributed by atoms with Gasteiger partial charge in [0.1, 0.15) is 53.0 Å². The van der Waals surface area contributed by atoms with E-state index >= 15 is 0 Å². The zero-order valence-corrected chi connectivity index (χ0v) is 38.5. The molecule has 0 bridgehead atoms. The average Bonchev–Trinajstić information content (AvgIpc) is 3.38. The fourth-order valence-corrected chi connectivity index (χ4v) is 7.05. The number of ether oxygens (including phenoxy) is 6. The van der Waals surface area contributed by atoms with E-state index in [2.05, 4.69) is 0 Å². The first-order valence-electron chi connectivity index (χ1n) is 22.2. The number of para-hydroxylation sites is 1. The monoisotopic (exact) mass is 949 g/mol. The van der Waals surface area contributed by atoms with Gasteiger partial charge in [-0.3, -0.25) is 14.4 Å². The summed E-state index contributed by atoms with van der Waals surface area (Å²) in [7, 11) is 3.06. The van der Waals surface area contributed by atoms with Crippen LogP contribution in [0.2, 0.25) is 0 Å². The van der Waals surface area contributed by atoms with Crippen molar-refractivity contribution in [2.75, 3.05) is 67.0 Å². The molecule has 15 heteroatoms. The number of hydrogen-bond acceptors (Lipinski definition) is 15. The van der Waals surface area contributed by atoms with E-state index in [0.717, 1.165) is 16.7 Å². The molecule has 0 atom stereocenters. The maximum absolute atomic E-state index is 12.6. The van der Waals surface area contributed by atoms with Gasteiger partial charge in [0.2, 0.25) is 5.75 Å². The van der Waals surface area contributed by atoms with Crippen LogP contribution in [0.25, 0.3) is 66.9 Å². The molecule has 9 rings (SSSR count). The standard InChI is InChI=1S/C22H25NO7.C18H16O4.C15H10O3/c1-26-21-19(29-12-11-28-10-9-27-8-7-23)14-17(25)20-16(24)13-18(30-22(20)21)15-5-3-2-4-6-15;1-20-9-10-21-14-7-8-15-16(19)12-17(22-18(15)11-14)13-5-3-2-4-6-13;16-12-8-4-7-11-13(17)9-14(18-15(11)12)10-5-2-1-3-6-10/h2-6,13-14,25H,7-12,23H2,1H3;2-8,11-12H,9-10H2,1H3;1-9,16H. The largest absolute Gasteiger partial charge is 0.507 e. The molecule has 70 heavy (non-hydrogen) atoms. The lowest BCUT2D eigenvalue weighted by atomic mass is 10.1. The van der Waals surface area contributed by atoms with Crippen molar-refractivity contribution in [1.82, 2.24) is 0 Å². The zero-order chi connectivity index (χ0) is 49.2. The normalized spacial score (nSPS) is 10.8. The predicted octanol–water partition coefficient (Wildman–Crippen LogP) is 9.20. The minimum Gasteiger partial charge on any atom is -0.507 e. The molecule has 0 saturated heterocycles. The molecule has 9 aromatic rings. The maximum Gasteiger partial charge on any atom is 0.205 e. The minimum atomic E-state index is -0.377. The van der Waals surface area contributed by atoms with Crippen LogP contribution < -0.4 is 36.2 Å². The molecule has 0 unspecified atom stereocenters. The van der Waals surface area contributed by atoms with E-state index in [-0.39, 0.29) is 62.4 Å². The lowest BCUT2D eigenvalue weighted by Crippen LogP contribution is -2.14. The molecular formula is C55H51NO14. The Balaban J connectivity index is 0.000000160. The highest BCUT2D eigenvalue weighted by atomic mass is 16.6. The van der Waals surface area contributed by atoms with Crippen LogP contribution in [0.1, 0.15) is 0 Å². The van der Waals surface area contributed by atoms with Crippen molar-refractivity contribution in [2.45, 2.75) is 0 Å². The van der Waals surface area contributed by atoms with Gasteiger partial charge in [-0.15, -0.1) is 0 Å². The molecule has 0 aliphatic carbocycles. The van der Waals surface area contributed by atoms with Gasteiger partial charge >= 0.3 is 0 Å². The number of rotatable bonds is 17. The van der Waals surface area contributed by atoms with E-state index in [9.17, 15) is 24.6 Å². The second-order valence-corrected chi connectivity index (χ2v) is 15.2. The molecule has 3 aromatic heterocycles. The van der Waals surface area contributed by atoms with E-state index < -0.39 is 0 Å². The van der Waals surface area contributed by atoms with Gasteiger partial charge in [0.05, 0.1) is 50.9 Å². The second kappa shape index (κ2) is 24.7. The Hall–Kier alpha value is -8.21. The number of nitrogens with two attached hydrogens (primary N) is 1. The minimum absolute atomic E-state index is 0.0256. The molecule has 0 fully saturated rings. The molecule has 0 radical (unpaired) electrons. The number of benzene rings is 6. The number of phenols is 2. The third-order valence-electron chi connectivity index (χ3n) is 10.4. The van der Waals surface area contributed by atoms with Crippen LogP contribution in [-0.4, -0.2) is 77.2 Å². The first-order chi connectivity index (χ1) is 34.2. The van der Waals surface area contributed by atoms with E-state index in [1.807, 2.05) is 91.0 Å². The Bertz CT molecular complexity index is 3300. The molecule has 15 nitrogen and oxygen atoms in total. The summed E-state index contributed by atoms with van der Waals surface area (Å²) in [6.07, 6.45) is 0. The summed E-state index contributed by atoms with van der Waals surface area (Å²) in [6, 6.07) is 43.7. The first-order valence-corrected chi connectivity index (χ1v) is 22.2. The van der Waals surface area contributed by atoms with Crippen LogP contribution >= 0.6 is 0 Å². The van der Waals surface area contributed by atoms with Crippen molar-refractivity contribution in [3.05, 3.63) is 182 Å². The molecule has 0 spiro atoms. The van der Waals surface area contributed by atoms with Gasteiger partial charge in [0.25, 0.3) is 0 Å². The second-order valence-electron chi connectivity index (χ2n) is 15.2. The smallest absolute Gasteiger partial charge is 0.205 e. The lowest BCUT2D eigenvalue weighted by Gasteiger charge is -2.14. The summed E-state index contributed by atoms with van der Waals surface area (Å²) >= 11 is 0. The summed E-state index contributed by atoms with van der Waals surface area (Å²) in [6.45, 7) is 3.29. The van der Waals surface area contributed by atoms with Crippen LogP contribution in [0, 0.1) is 0 Å². The molecule has 0 aliphatic rings. The van der Waals surface area contributed by atoms with Crippen molar-refractivity contribution in [1.29, 1.82) is 0 Å². The zero-order valence-electron chi connectivity index (χ0n) is 38.5. The number of methoxy groups -OCH3 is 2. The summed E-state index contributed by atoms with van der Waals surface area (Å²) in [5.41, 5.74) is 8.00. The van der Waals surface area contributed by atoms with Crippen LogP contribution in [0.15, 0.2) is 179 Å². The molecule has 0 saturated carbocycles. The van der Waals surface area contributed by atoms with Gasteiger partial charge in [-0.1, -0.05) is 97.1 Å². The van der Waals surface area contributed by atoms with E-state index in [1.54, 1.807) is 37.4 Å². The van der Waals surface area contributed by atoms with Crippen LogP contribution in [0.3, 0.4) is 0 Å². The fourth-order valence-electron chi connectivity index (χ4n) is 7.05. The molecule has 0 amide bonds. The summed E-state index contributed by atoms with van der Waals surface area (Å²) < 4.78 is 49.7. The van der Waals surface area contributed by atoms with Gasteiger partial charge in [0, 0.05) is 60.7 Å². The number of fused-ring (bicyclic) bond motifs is 3. The molecule has 3 heterocycles. The van der Waals surface area contributed by atoms with Crippen LogP contribution in [0.4, 0.5) is 0 Å². The van der Waals surface area contributed by atoms with Gasteiger partial charge < -0.3 is 57.6 Å². The van der Waals surface area contributed by atoms with Gasteiger partial charge in [-0.25, -0.2) is 0 Å². The highest BCUT2D eigenvalue weighted by Crippen LogP contribution is 2.41. The number of phenolic OH excluding ortho intramolecular Hbond substituents is 2. The van der Waals surface area contributed by atoms with Crippen molar-refractivity contribution < 1.29 is 51.9 Å². The van der Waals surface area contributed by atoms with E-state index in [0.29, 0.717) is 85.6 Å². The summed E-state index contributed by atoms with van der Waals surface area (Å²) in [5, 5.41) is 21.1. The van der Waals surface area contributed by atoms with Crippen molar-refractivity contribution in [2.24, 2.45) is 5.73 Å². The lowest BCUT2D eigenvalue weighted by molar-refractivity contribution is 0.0385. The van der Waals surface area contributed by atoms with Crippen molar-refractivity contribution >= 4 is 32.9 Å². The third-order valence-corrected chi connectivity index (χ3v) is 10.4. The highest BCUT2D eigenvalue weighted by Gasteiger charge is 2.20. The Labute approximate surface area is 401 Å². The molecule has 6 aromatic carbocycles. The topological polar surface area (TPSA) is 212 Å². The Kier molecular flexibility index (Phi) is 17.5. The Morgan fingerprint density at radius 3 is 1.63 bits per heavy atom. The average molecular weight is 950 g/mol. The number of hydrogen-bond donors (Lipinski definition) is 3. The number of aromatic hydroxyl groups is 2. The maximum atomic E-state index is 12.6. The predicted molar refractivity (Wildman–Crippen MR) is 267 cm³/mol. The molecule has 4 N–H and O–H groups in total.